The fourth-order valence-corrected chi connectivity index (χ4v) is 1.58. The molecule has 1 aromatic carbocycles. The summed E-state index contributed by atoms with van der Waals surface area (Å²) in [7, 11) is 0. The Labute approximate surface area is 88.7 Å². The monoisotopic (exact) mass is 202 g/mol. The first-order valence-electron chi connectivity index (χ1n) is 4.93. The molecule has 78 valence electrons. The Bertz CT molecular complexity index is 445. The van der Waals surface area contributed by atoms with Gasteiger partial charge in [-0.1, -0.05) is 23.4 Å². The summed E-state index contributed by atoms with van der Waals surface area (Å²) < 4.78 is 1.80. The maximum atomic E-state index is 5.79. The van der Waals surface area contributed by atoms with Gasteiger partial charge in [-0.15, -0.1) is 5.10 Å². The zero-order valence-electron chi connectivity index (χ0n) is 8.88. The van der Waals surface area contributed by atoms with Gasteiger partial charge in [-0.2, -0.15) is 0 Å². The Morgan fingerprint density at radius 2 is 1.93 bits per heavy atom. The molecule has 4 heteroatoms. The summed E-state index contributed by atoms with van der Waals surface area (Å²) in [5, 5.41) is 8.17. The van der Waals surface area contributed by atoms with Gasteiger partial charge in [-0.3, -0.25) is 0 Å². The summed E-state index contributed by atoms with van der Waals surface area (Å²) in [4.78, 5) is 0. The highest BCUT2D eigenvalue weighted by molar-refractivity contribution is 5.33. The number of para-hydroxylation sites is 1. The Kier molecular flexibility index (Phi) is 2.51. The Hall–Kier alpha value is -1.68. The van der Waals surface area contributed by atoms with Crippen LogP contribution in [0.25, 0.3) is 5.69 Å². The van der Waals surface area contributed by atoms with Crippen LogP contribution in [-0.4, -0.2) is 15.0 Å². The van der Waals surface area contributed by atoms with Gasteiger partial charge in [0.05, 0.1) is 11.4 Å². The molecule has 2 aromatic rings. The minimum Gasteiger partial charge on any atom is -0.323 e. The molecule has 1 unspecified atom stereocenters. The number of hydrogen-bond acceptors (Lipinski definition) is 3. The molecule has 0 bridgehead atoms. The van der Waals surface area contributed by atoms with Crippen molar-refractivity contribution in [3.8, 4) is 5.69 Å². The standard InChI is InChI=1S/C11H14N4/c1-8(12)11-9(2)15(14-13-11)10-6-4-3-5-7-10/h3-8H,12H2,1-2H3. The van der Waals surface area contributed by atoms with Crippen LogP contribution in [0.2, 0.25) is 0 Å². The maximum Gasteiger partial charge on any atom is 0.102 e. The predicted octanol–water partition coefficient (Wildman–Crippen LogP) is 1.60. The molecular formula is C11H14N4. The minimum absolute atomic E-state index is 0.0811. The molecule has 0 saturated heterocycles. The number of benzene rings is 1. The van der Waals surface area contributed by atoms with Gasteiger partial charge in [0.1, 0.15) is 5.69 Å². The number of nitrogens with zero attached hydrogens (tertiary/aromatic N) is 3. The lowest BCUT2D eigenvalue weighted by Crippen LogP contribution is -2.07. The first-order valence-corrected chi connectivity index (χ1v) is 4.93. The van der Waals surface area contributed by atoms with Crippen molar-refractivity contribution in [1.29, 1.82) is 0 Å². The van der Waals surface area contributed by atoms with E-state index in [1.165, 1.54) is 0 Å². The van der Waals surface area contributed by atoms with E-state index in [-0.39, 0.29) is 6.04 Å². The minimum atomic E-state index is -0.0811. The highest BCUT2D eigenvalue weighted by Gasteiger charge is 2.12. The number of rotatable bonds is 2. The lowest BCUT2D eigenvalue weighted by molar-refractivity contribution is 0.756. The van der Waals surface area contributed by atoms with Crippen LogP contribution in [-0.2, 0) is 0 Å². The average molecular weight is 202 g/mol. The first kappa shape index (κ1) is 9.86. The van der Waals surface area contributed by atoms with Gasteiger partial charge in [0.25, 0.3) is 0 Å². The second-order valence-corrected chi connectivity index (χ2v) is 3.60. The number of aromatic nitrogens is 3. The van der Waals surface area contributed by atoms with Crippen molar-refractivity contribution in [2.45, 2.75) is 19.9 Å². The second-order valence-electron chi connectivity index (χ2n) is 3.60. The Morgan fingerprint density at radius 1 is 1.27 bits per heavy atom. The van der Waals surface area contributed by atoms with E-state index >= 15 is 0 Å². The molecule has 4 nitrogen and oxygen atoms in total. The molecule has 1 heterocycles. The summed E-state index contributed by atoms with van der Waals surface area (Å²) in [6.45, 7) is 3.89. The lowest BCUT2D eigenvalue weighted by Gasteiger charge is -2.04. The molecule has 15 heavy (non-hydrogen) atoms. The topological polar surface area (TPSA) is 56.7 Å². The van der Waals surface area contributed by atoms with E-state index in [0.717, 1.165) is 17.1 Å². The van der Waals surface area contributed by atoms with Crippen LogP contribution in [0.15, 0.2) is 30.3 Å². The van der Waals surface area contributed by atoms with E-state index in [0.29, 0.717) is 0 Å². The molecule has 0 aliphatic carbocycles. The molecule has 0 spiro atoms. The van der Waals surface area contributed by atoms with Crippen LogP contribution in [0.4, 0.5) is 0 Å². The van der Waals surface area contributed by atoms with Crippen molar-refractivity contribution in [3.63, 3.8) is 0 Å². The van der Waals surface area contributed by atoms with E-state index in [4.69, 9.17) is 5.73 Å². The predicted molar refractivity (Wildman–Crippen MR) is 58.7 cm³/mol. The smallest absolute Gasteiger partial charge is 0.102 e. The average Bonchev–Trinajstić information content (AvgIpc) is 2.61. The van der Waals surface area contributed by atoms with Crippen molar-refractivity contribution >= 4 is 0 Å². The third kappa shape index (κ3) is 1.76. The van der Waals surface area contributed by atoms with Crippen LogP contribution in [0, 0.1) is 6.92 Å². The summed E-state index contributed by atoms with van der Waals surface area (Å²) in [5.41, 5.74) is 8.64. The molecule has 1 atom stereocenters. The first-order chi connectivity index (χ1) is 7.20. The van der Waals surface area contributed by atoms with Crippen LogP contribution in [0.5, 0.6) is 0 Å². The Morgan fingerprint density at radius 3 is 2.47 bits per heavy atom. The zero-order valence-corrected chi connectivity index (χ0v) is 8.88. The van der Waals surface area contributed by atoms with Gasteiger partial charge in [0.15, 0.2) is 0 Å². The van der Waals surface area contributed by atoms with Gasteiger partial charge in [0.2, 0.25) is 0 Å². The summed E-state index contributed by atoms with van der Waals surface area (Å²) in [6.07, 6.45) is 0. The van der Waals surface area contributed by atoms with E-state index in [1.807, 2.05) is 44.2 Å². The molecule has 0 saturated carbocycles. The van der Waals surface area contributed by atoms with Gasteiger partial charge < -0.3 is 5.73 Å². The molecule has 0 aliphatic rings. The van der Waals surface area contributed by atoms with Crippen LogP contribution < -0.4 is 5.73 Å². The van der Waals surface area contributed by atoms with Gasteiger partial charge in [-0.05, 0) is 26.0 Å². The van der Waals surface area contributed by atoms with E-state index in [1.54, 1.807) is 4.68 Å². The van der Waals surface area contributed by atoms with E-state index in [2.05, 4.69) is 10.3 Å². The quantitative estimate of drug-likeness (QED) is 0.804. The maximum absolute atomic E-state index is 5.79. The molecule has 1 aromatic heterocycles. The molecule has 2 N–H and O–H groups in total. The lowest BCUT2D eigenvalue weighted by atomic mass is 10.2. The third-order valence-corrected chi connectivity index (χ3v) is 2.36. The normalized spacial score (nSPS) is 12.7. The van der Waals surface area contributed by atoms with Crippen LogP contribution in [0.1, 0.15) is 24.4 Å². The van der Waals surface area contributed by atoms with Crippen molar-refractivity contribution in [3.05, 3.63) is 41.7 Å². The van der Waals surface area contributed by atoms with Gasteiger partial charge >= 0.3 is 0 Å². The molecule has 0 aliphatic heterocycles. The fourth-order valence-electron chi connectivity index (χ4n) is 1.58. The summed E-state index contributed by atoms with van der Waals surface area (Å²) in [6, 6.07) is 9.83. The Balaban J connectivity index is 2.47. The molecular weight excluding hydrogens is 188 g/mol. The van der Waals surface area contributed by atoms with Crippen molar-refractivity contribution in [2.24, 2.45) is 5.73 Å². The molecule has 0 radical (unpaired) electrons. The largest absolute Gasteiger partial charge is 0.323 e. The summed E-state index contributed by atoms with van der Waals surface area (Å²) >= 11 is 0. The second kappa shape index (κ2) is 3.82. The zero-order chi connectivity index (χ0) is 10.8. The van der Waals surface area contributed by atoms with E-state index < -0.39 is 0 Å². The molecule has 0 amide bonds. The highest BCUT2D eigenvalue weighted by atomic mass is 15.4. The highest BCUT2D eigenvalue weighted by Crippen LogP contribution is 2.15. The number of nitrogens with two attached hydrogens (primary N) is 1. The summed E-state index contributed by atoms with van der Waals surface area (Å²) in [5.74, 6) is 0. The van der Waals surface area contributed by atoms with Gasteiger partial charge in [-0.25, -0.2) is 4.68 Å². The van der Waals surface area contributed by atoms with Crippen LogP contribution in [0.3, 0.4) is 0 Å². The molecule has 0 fully saturated rings. The van der Waals surface area contributed by atoms with Crippen molar-refractivity contribution < 1.29 is 0 Å². The van der Waals surface area contributed by atoms with Crippen molar-refractivity contribution in [1.82, 2.24) is 15.0 Å². The van der Waals surface area contributed by atoms with E-state index in [9.17, 15) is 0 Å². The van der Waals surface area contributed by atoms with Crippen LogP contribution >= 0.6 is 0 Å². The van der Waals surface area contributed by atoms with Crippen molar-refractivity contribution in [2.75, 3.05) is 0 Å². The SMILES string of the molecule is Cc1c(C(C)N)nnn1-c1ccccc1. The van der Waals surface area contributed by atoms with Gasteiger partial charge in [0, 0.05) is 6.04 Å². The fraction of sp³-hybridized carbons (Fsp3) is 0.273. The number of hydrogen-bond donors (Lipinski definition) is 1. The third-order valence-electron chi connectivity index (χ3n) is 2.36. The molecule has 2 rings (SSSR count).